The molecule has 0 saturated heterocycles. The first kappa shape index (κ1) is 13.5. The molecule has 106 valence electrons. The summed E-state index contributed by atoms with van der Waals surface area (Å²) in [6.45, 7) is 2.62. The van der Waals surface area contributed by atoms with Crippen LogP contribution in [-0.4, -0.2) is 15.0 Å². The lowest BCUT2D eigenvalue weighted by Crippen LogP contribution is -2.13. The fourth-order valence-electron chi connectivity index (χ4n) is 2.19. The number of sulfonamides is 1. The minimum absolute atomic E-state index is 0.337. The van der Waals surface area contributed by atoms with Gasteiger partial charge in [-0.2, -0.15) is 0 Å². The smallest absolute Gasteiger partial charge is 0.271 e. The zero-order valence-electron chi connectivity index (χ0n) is 11.0. The van der Waals surface area contributed by atoms with Crippen molar-refractivity contribution in [3.63, 3.8) is 0 Å². The zero-order chi connectivity index (χ0) is 14.2. The lowest BCUT2D eigenvalue weighted by Gasteiger charge is -2.18. The van der Waals surface area contributed by atoms with Crippen molar-refractivity contribution >= 4 is 27.0 Å². The normalized spacial score (nSPS) is 14.4. The number of fused-ring (bicyclic) bond motifs is 1. The Morgan fingerprint density at radius 1 is 1.25 bits per heavy atom. The second-order valence-electron chi connectivity index (χ2n) is 4.75. The van der Waals surface area contributed by atoms with E-state index in [0.29, 0.717) is 9.90 Å². The van der Waals surface area contributed by atoms with E-state index >= 15 is 0 Å². The van der Waals surface area contributed by atoms with Crippen LogP contribution in [0.15, 0.2) is 34.5 Å². The largest absolute Gasteiger partial charge is 0.493 e. The molecule has 0 unspecified atom stereocenters. The van der Waals surface area contributed by atoms with Gasteiger partial charge in [0.05, 0.1) is 6.61 Å². The van der Waals surface area contributed by atoms with Crippen LogP contribution in [0.25, 0.3) is 0 Å². The third-order valence-corrected chi connectivity index (χ3v) is 6.02. The van der Waals surface area contributed by atoms with Crippen molar-refractivity contribution in [1.29, 1.82) is 0 Å². The summed E-state index contributed by atoms with van der Waals surface area (Å²) in [5.74, 6) is 0.853. The summed E-state index contributed by atoms with van der Waals surface area (Å²) < 4.78 is 33.0. The molecule has 0 atom stereocenters. The van der Waals surface area contributed by atoms with Crippen LogP contribution in [0.1, 0.15) is 16.9 Å². The van der Waals surface area contributed by atoms with Gasteiger partial charge >= 0.3 is 0 Å². The van der Waals surface area contributed by atoms with E-state index in [9.17, 15) is 8.42 Å². The summed E-state index contributed by atoms with van der Waals surface area (Å²) in [6.07, 6.45) is 1.89. The van der Waals surface area contributed by atoms with Gasteiger partial charge in [0.25, 0.3) is 10.0 Å². The maximum atomic E-state index is 12.3. The Balaban J connectivity index is 1.87. The van der Waals surface area contributed by atoms with Gasteiger partial charge in [-0.05, 0) is 55.7 Å². The molecule has 2 heterocycles. The highest BCUT2D eigenvalue weighted by Crippen LogP contribution is 2.29. The number of aryl methyl sites for hydroxylation is 2. The van der Waals surface area contributed by atoms with Crippen molar-refractivity contribution in [2.75, 3.05) is 11.3 Å². The minimum atomic E-state index is -3.49. The molecule has 2 aromatic rings. The zero-order valence-corrected chi connectivity index (χ0v) is 12.7. The number of benzene rings is 1. The van der Waals surface area contributed by atoms with E-state index in [1.54, 1.807) is 18.2 Å². The number of ether oxygens (including phenoxy) is 1. The highest BCUT2D eigenvalue weighted by molar-refractivity contribution is 7.94. The number of anilines is 1. The minimum Gasteiger partial charge on any atom is -0.493 e. The molecule has 1 aromatic carbocycles. The lowest BCUT2D eigenvalue weighted by molar-refractivity contribution is 0.288. The molecule has 0 spiro atoms. The van der Waals surface area contributed by atoms with Gasteiger partial charge in [-0.25, -0.2) is 8.42 Å². The highest BCUT2D eigenvalue weighted by Gasteiger charge is 2.18. The third-order valence-electron chi connectivity index (χ3n) is 3.14. The molecule has 3 rings (SSSR count). The Labute approximate surface area is 122 Å². The van der Waals surface area contributed by atoms with Crippen LogP contribution in [0.4, 0.5) is 5.69 Å². The maximum Gasteiger partial charge on any atom is 0.271 e. The van der Waals surface area contributed by atoms with E-state index in [1.807, 2.05) is 19.1 Å². The Morgan fingerprint density at radius 3 is 2.85 bits per heavy atom. The lowest BCUT2D eigenvalue weighted by atomic mass is 10.1. The monoisotopic (exact) mass is 309 g/mol. The second-order valence-corrected chi connectivity index (χ2v) is 7.94. The van der Waals surface area contributed by atoms with Crippen molar-refractivity contribution in [3.8, 4) is 5.75 Å². The van der Waals surface area contributed by atoms with E-state index in [-0.39, 0.29) is 0 Å². The fraction of sp³-hybridized carbons (Fsp3) is 0.286. The average Bonchev–Trinajstić information content (AvgIpc) is 2.86. The summed E-state index contributed by atoms with van der Waals surface area (Å²) in [5, 5.41) is 0. The predicted octanol–water partition coefficient (Wildman–Crippen LogP) is 3.18. The van der Waals surface area contributed by atoms with Crippen molar-refractivity contribution in [1.82, 2.24) is 0 Å². The molecular formula is C14H15NO3S2. The Bertz CT molecular complexity index is 735. The van der Waals surface area contributed by atoms with E-state index in [4.69, 9.17) is 4.74 Å². The Morgan fingerprint density at radius 2 is 2.10 bits per heavy atom. The first-order valence-electron chi connectivity index (χ1n) is 6.39. The summed E-state index contributed by atoms with van der Waals surface area (Å²) in [5.41, 5.74) is 1.64. The van der Waals surface area contributed by atoms with Crippen LogP contribution in [0.5, 0.6) is 5.75 Å². The highest BCUT2D eigenvalue weighted by atomic mass is 32.2. The molecule has 0 radical (unpaired) electrons. The molecule has 6 heteroatoms. The van der Waals surface area contributed by atoms with Crippen LogP contribution >= 0.6 is 11.3 Å². The van der Waals surface area contributed by atoms with Crippen LogP contribution < -0.4 is 9.46 Å². The van der Waals surface area contributed by atoms with Gasteiger partial charge in [-0.3, -0.25) is 4.72 Å². The number of hydrogen-bond donors (Lipinski definition) is 1. The number of nitrogens with one attached hydrogen (secondary N) is 1. The van der Waals surface area contributed by atoms with Gasteiger partial charge in [0.15, 0.2) is 0 Å². The molecule has 0 aliphatic carbocycles. The van der Waals surface area contributed by atoms with E-state index in [0.717, 1.165) is 35.6 Å². The number of hydrogen-bond acceptors (Lipinski definition) is 4. The maximum absolute atomic E-state index is 12.3. The van der Waals surface area contributed by atoms with Crippen LogP contribution in [0.2, 0.25) is 0 Å². The molecule has 4 nitrogen and oxygen atoms in total. The molecule has 0 saturated carbocycles. The van der Waals surface area contributed by atoms with Crippen molar-refractivity contribution < 1.29 is 13.2 Å². The first-order chi connectivity index (χ1) is 9.54. The molecule has 1 aromatic heterocycles. The van der Waals surface area contributed by atoms with Gasteiger partial charge in [-0.15, -0.1) is 11.3 Å². The molecule has 1 aliphatic heterocycles. The first-order valence-corrected chi connectivity index (χ1v) is 8.69. The predicted molar refractivity (Wildman–Crippen MR) is 80.1 cm³/mol. The molecule has 20 heavy (non-hydrogen) atoms. The van der Waals surface area contributed by atoms with Gasteiger partial charge in [0.1, 0.15) is 9.96 Å². The fourth-order valence-corrected chi connectivity index (χ4v) is 4.52. The Hall–Kier alpha value is -1.53. The molecular weight excluding hydrogens is 294 g/mol. The van der Waals surface area contributed by atoms with E-state index in [1.165, 1.54) is 11.3 Å². The SMILES string of the molecule is Cc1ccc(S(=O)(=O)Nc2ccc3c(c2)CCCO3)s1. The van der Waals surface area contributed by atoms with E-state index in [2.05, 4.69) is 4.72 Å². The topological polar surface area (TPSA) is 55.4 Å². The molecule has 1 aliphatic rings. The molecule has 0 amide bonds. The van der Waals surface area contributed by atoms with Crippen molar-refractivity contribution in [3.05, 3.63) is 40.8 Å². The van der Waals surface area contributed by atoms with Crippen LogP contribution in [0, 0.1) is 6.92 Å². The summed E-state index contributed by atoms with van der Waals surface area (Å²) in [7, 11) is -3.49. The second kappa shape index (κ2) is 5.10. The number of rotatable bonds is 3. The van der Waals surface area contributed by atoms with Crippen LogP contribution in [0.3, 0.4) is 0 Å². The van der Waals surface area contributed by atoms with Gasteiger partial charge in [-0.1, -0.05) is 0 Å². The standard InChI is InChI=1S/C14H15NO3S2/c1-10-4-7-14(19-10)20(16,17)15-12-5-6-13-11(9-12)3-2-8-18-13/h4-7,9,15H,2-3,8H2,1H3. The summed E-state index contributed by atoms with van der Waals surface area (Å²) in [6, 6.07) is 8.85. The Kier molecular flexibility index (Phi) is 3.43. The van der Waals surface area contributed by atoms with E-state index < -0.39 is 10.0 Å². The number of thiophene rings is 1. The van der Waals surface area contributed by atoms with Gasteiger partial charge in [0.2, 0.25) is 0 Å². The summed E-state index contributed by atoms with van der Waals surface area (Å²) in [4.78, 5) is 0.976. The third kappa shape index (κ3) is 2.66. The summed E-state index contributed by atoms with van der Waals surface area (Å²) >= 11 is 1.27. The van der Waals surface area contributed by atoms with Crippen LogP contribution in [-0.2, 0) is 16.4 Å². The van der Waals surface area contributed by atoms with Crippen molar-refractivity contribution in [2.45, 2.75) is 24.0 Å². The van der Waals surface area contributed by atoms with Gasteiger partial charge < -0.3 is 4.74 Å². The van der Waals surface area contributed by atoms with Gasteiger partial charge in [0, 0.05) is 10.6 Å². The molecule has 0 fully saturated rings. The molecule has 0 bridgehead atoms. The van der Waals surface area contributed by atoms with Crippen molar-refractivity contribution in [2.24, 2.45) is 0 Å². The average molecular weight is 309 g/mol. The quantitative estimate of drug-likeness (QED) is 0.947. The molecule has 1 N–H and O–H groups in total.